The van der Waals surface area contributed by atoms with E-state index in [0.717, 1.165) is 15.3 Å². The van der Waals surface area contributed by atoms with Crippen molar-refractivity contribution in [3.05, 3.63) is 169 Å². The Morgan fingerprint density at radius 3 is 2.04 bits per heavy atom. The largest absolute Gasteiger partial charge is 0.456 e. The molecule has 7 aromatic carbocycles. The van der Waals surface area contributed by atoms with Gasteiger partial charge < -0.3 is 8.98 Å². The van der Waals surface area contributed by atoms with Gasteiger partial charge in [-0.05, 0) is 59.5 Å². The van der Waals surface area contributed by atoms with E-state index in [4.69, 9.17) is 29.5 Å². The number of aromatic nitrogens is 4. The summed E-state index contributed by atoms with van der Waals surface area (Å²) in [5.41, 5.74) is -0.947. The average molecular weight is 657 g/mol. The molecule has 50 heavy (non-hydrogen) atoms. The van der Waals surface area contributed by atoms with E-state index in [1.807, 2.05) is 30.3 Å². The van der Waals surface area contributed by atoms with Crippen LogP contribution in [0.1, 0.15) is 21.9 Å². The molecule has 234 valence electrons. The molecular weight excluding hydrogens is 613 g/mol. The Hall–Kier alpha value is -6.85. The number of benzene rings is 7. The van der Waals surface area contributed by atoms with E-state index in [1.54, 1.807) is 42.5 Å². The number of para-hydroxylation sites is 3. The molecule has 3 aromatic heterocycles. The molecule has 0 aliphatic carbocycles. The van der Waals surface area contributed by atoms with Crippen LogP contribution < -0.4 is 0 Å². The Morgan fingerprint density at radius 1 is 0.480 bits per heavy atom. The summed E-state index contributed by atoms with van der Waals surface area (Å²) in [4.78, 5) is 14.2. The SMILES string of the molecule is [2H]c1c([2H])c([2H])c(-n2c3c([2H])c([2H])c([2H])c([2H])c3c3c(-c4c([2H])c([2H])c([2H])c(-c5nc(-c6ccccc6)nc(-c6ccc7c(c6)oc6ccccc67)n5)c4[2H])c([2H])c([2H])c([2H])c32)c([2H])c1[2H]. The van der Waals surface area contributed by atoms with Crippen molar-refractivity contribution in [3.63, 3.8) is 0 Å². The lowest BCUT2D eigenvalue weighted by Gasteiger charge is -2.11. The van der Waals surface area contributed by atoms with Crippen LogP contribution in [0.15, 0.2) is 174 Å². The number of rotatable bonds is 5. The molecule has 0 amide bonds. The zero-order valence-corrected chi connectivity index (χ0v) is 25.6. The molecule has 5 nitrogen and oxygen atoms in total. The Bertz CT molecular complexity index is 3770. The van der Waals surface area contributed by atoms with Gasteiger partial charge in [-0.1, -0.05) is 121 Å². The van der Waals surface area contributed by atoms with Crippen LogP contribution >= 0.6 is 0 Å². The third-order valence-corrected chi connectivity index (χ3v) is 8.33. The lowest BCUT2D eigenvalue weighted by atomic mass is 9.97. The summed E-state index contributed by atoms with van der Waals surface area (Å²) < 4.78 is 150. The van der Waals surface area contributed by atoms with Crippen LogP contribution in [0.3, 0.4) is 0 Å². The molecule has 0 aliphatic heterocycles. The van der Waals surface area contributed by atoms with E-state index in [2.05, 4.69) is 4.98 Å². The second kappa shape index (κ2) is 11.4. The standard InChI is InChI=1S/C45H28N4O/c1-3-13-29(14-4-1)43-46-44(48-45(47-43)32-25-26-36-35-19-8-10-24-40(35)50-41(36)28-32)31-16-11-15-30(27-31)34-21-12-23-39-42(34)37-20-7-9-22-38(37)49(39)33-17-5-2-6-18-33/h1-28H/i2D,5D,6D,7D,9D,11D,12D,15D,16D,17D,18D,20D,21D,22D,23D,27D. The maximum atomic E-state index is 9.80. The summed E-state index contributed by atoms with van der Waals surface area (Å²) >= 11 is 0. The van der Waals surface area contributed by atoms with Crippen LogP contribution in [0.5, 0.6) is 0 Å². The quantitative estimate of drug-likeness (QED) is 0.185. The molecule has 5 heteroatoms. The smallest absolute Gasteiger partial charge is 0.164 e. The number of fused-ring (bicyclic) bond motifs is 6. The first kappa shape index (κ1) is 16.5. The topological polar surface area (TPSA) is 56.7 Å². The van der Waals surface area contributed by atoms with Gasteiger partial charge in [-0.15, -0.1) is 0 Å². The van der Waals surface area contributed by atoms with Crippen LogP contribution in [0.2, 0.25) is 0 Å². The van der Waals surface area contributed by atoms with Crippen molar-refractivity contribution in [1.29, 1.82) is 0 Å². The second-order valence-corrected chi connectivity index (χ2v) is 11.2. The van der Waals surface area contributed by atoms with Crippen LogP contribution in [-0.4, -0.2) is 19.5 Å². The number of nitrogens with zero attached hydrogens (tertiary/aromatic N) is 4. The van der Waals surface area contributed by atoms with Crippen molar-refractivity contribution in [2.45, 2.75) is 0 Å². The Labute approximate surface area is 310 Å². The number of hydrogen-bond acceptors (Lipinski definition) is 4. The first-order valence-corrected chi connectivity index (χ1v) is 15.4. The van der Waals surface area contributed by atoms with Crippen LogP contribution in [0.4, 0.5) is 0 Å². The molecular formula is C45H28N4O. The Morgan fingerprint density at radius 2 is 1.16 bits per heavy atom. The second-order valence-electron chi connectivity index (χ2n) is 11.2. The average Bonchev–Trinajstić information content (AvgIpc) is 3.87. The molecule has 0 aliphatic rings. The van der Waals surface area contributed by atoms with Gasteiger partial charge in [0.05, 0.1) is 33.0 Å². The summed E-state index contributed by atoms with van der Waals surface area (Å²) in [7, 11) is 0. The van der Waals surface area contributed by atoms with E-state index < -0.39 is 141 Å². The minimum atomic E-state index is -0.846. The molecule has 0 unspecified atom stereocenters. The van der Waals surface area contributed by atoms with Gasteiger partial charge >= 0.3 is 0 Å². The molecule has 0 saturated heterocycles. The van der Waals surface area contributed by atoms with E-state index in [0.29, 0.717) is 22.3 Å². The van der Waals surface area contributed by atoms with Crippen molar-refractivity contribution in [1.82, 2.24) is 19.5 Å². The molecule has 0 fully saturated rings. The summed E-state index contributed by atoms with van der Waals surface area (Å²) in [6.45, 7) is 0. The minimum Gasteiger partial charge on any atom is -0.456 e. The maximum Gasteiger partial charge on any atom is 0.164 e. The fourth-order valence-corrected chi connectivity index (χ4v) is 6.12. The van der Waals surface area contributed by atoms with E-state index in [-0.39, 0.29) is 17.5 Å². The van der Waals surface area contributed by atoms with E-state index >= 15 is 0 Å². The van der Waals surface area contributed by atoms with Crippen LogP contribution in [-0.2, 0) is 0 Å². The molecule has 0 atom stereocenters. The first-order chi connectivity index (χ1) is 31.4. The molecule has 0 N–H and O–H groups in total. The van der Waals surface area contributed by atoms with Gasteiger partial charge in [0.1, 0.15) is 11.2 Å². The fourth-order valence-electron chi connectivity index (χ4n) is 6.12. The van der Waals surface area contributed by atoms with Crippen molar-refractivity contribution >= 4 is 43.7 Å². The molecule has 3 heterocycles. The lowest BCUT2D eigenvalue weighted by molar-refractivity contribution is 0.669. The highest BCUT2D eigenvalue weighted by Crippen LogP contribution is 2.39. The molecule has 10 aromatic rings. The van der Waals surface area contributed by atoms with Gasteiger partial charge in [-0.3, -0.25) is 0 Å². The third-order valence-electron chi connectivity index (χ3n) is 8.33. The fraction of sp³-hybridized carbons (Fsp3) is 0. The van der Waals surface area contributed by atoms with Crippen molar-refractivity contribution in [3.8, 4) is 51.0 Å². The maximum absolute atomic E-state index is 9.80. The Balaban J connectivity index is 1.33. The van der Waals surface area contributed by atoms with Gasteiger partial charge in [0, 0.05) is 43.9 Å². The van der Waals surface area contributed by atoms with Crippen molar-refractivity contribution in [2.24, 2.45) is 0 Å². The van der Waals surface area contributed by atoms with Gasteiger partial charge in [0.25, 0.3) is 0 Å². The van der Waals surface area contributed by atoms with Gasteiger partial charge in [-0.25, -0.2) is 15.0 Å². The van der Waals surface area contributed by atoms with Crippen molar-refractivity contribution < 1.29 is 26.3 Å². The Kier molecular flexibility index (Phi) is 3.76. The summed E-state index contributed by atoms with van der Waals surface area (Å²) in [5.74, 6) is -0.102. The highest BCUT2D eigenvalue weighted by molar-refractivity contribution is 6.16. The van der Waals surface area contributed by atoms with Gasteiger partial charge in [-0.2, -0.15) is 0 Å². The normalized spacial score (nSPS) is 16.1. The monoisotopic (exact) mass is 656 g/mol. The first-order valence-electron chi connectivity index (χ1n) is 23.4. The predicted molar refractivity (Wildman–Crippen MR) is 203 cm³/mol. The van der Waals surface area contributed by atoms with Crippen molar-refractivity contribution in [2.75, 3.05) is 0 Å². The summed E-state index contributed by atoms with van der Waals surface area (Å²) in [6, 6.07) is 9.18. The summed E-state index contributed by atoms with van der Waals surface area (Å²) in [5, 5.41) is 0.885. The highest BCUT2D eigenvalue weighted by atomic mass is 16.3. The predicted octanol–water partition coefficient (Wildman–Crippen LogP) is 11.5. The molecule has 0 radical (unpaired) electrons. The lowest BCUT2D eigenvalue weighted by Crippen LogP contribution is -2.00. The summed E-state index contributed by atoms with van der Waals surface area (Å²) in [6.07, 6.45) is 0. The zero-order chi connectivity index (χ0) is 46.9. The van der Waals surface area contributed by atoms with E-state index in [1.165, 1.54) is 0 Å². The highest BCUT2D eigenvalue weighted by Gasteiger charge is 2.18. The van der Waals surface area contributed by atoms with Crippen LogP contribution in [0.25, 0.3) is 94.7 Å². The third kappa shape index (κ3) is 4.60. The molecule has 0 bridgehead atoms. The molecule has 0 spiro atoms. The van der Waals surface area contributed by atoms with Gasteiger partial charge in [0.2, 0.25) is 0 Å². The van der Waals surface area contributed by atoms with Gasteiger partial charge in [0.15, 0.2) is 17.5 Å². The number of furan rings is 1. The number of hydrogen-bond donors (Lipinski definition) is 0. The molecule has 10 rings (SSSR count). The van der Waals surface area contributed by atoms with Crippen LogP contribution in [0, 0.1) is 0 Å². The zero-order valence-electron chi connectivity index (χ0n) is 41.6. The minimum absolute atomic E-state index is 0.0799. The molecule has 0 saturated carbocycles. The van der Waals surface area contributed by atoms with E-state index in [9.17, 15) is 6.85 Å².